The van der Waals surface area contributed by atoms with Gasteiger partial charge in [-0.1, -0.05) is 36.4 Å². The number of aryl methyl sites for hydroxylation is 1. The van der Waals surface area contributed by atoms with Gasteiger partial charge in [0.2, 0.25) is 0 Å². The molecule has 0 aliphatic rings. The van der Waals surface area contributed by atoms with E-state index in [9.17, 15) is 0 Å². The van der Waals surface area contributed by atoms with Gasteiger partial charge in [-0.25, -0.2) is 0 Å². The summed E-state index contributed by atoms with van der Waals surface area (Å²) in [6.07, 6.45) is 4.03. The Bertz CT molecular complexity index is 866. The van der Waals surface area contributed by atoms with E-state index in [1.807, 2.05) is 13.1 Å². The third-order valence-corrected chi connectivity index (χ3v) is 3.95. The van der Waals surface area contributed by atoms with Crippen LogP contribution in [0.1, 0.15) is 30.5 Å². The predicted molar refractivity (Wildman–Crippen MR) is 95.3 cm³/mol. The van der Waals surface area contributed by atoms with Gasteiger partial charge in [0.1, 0.15) is 0 Å². The van der Waals surface area contributed by atoms with E-state index in [-0.39, 0.29) is 0 Å². The lowest BCUT2D eigenvalue weighted by molar-refractivity contribution is 1.37. The third-order valence-electron chi connectivity index (χ3n) is 3.95. The summed E-state index contributed by atoms with van der Waals surface area (Å²) in [5, 5.41) is 1.21. The molecule has 0 bridgehead atoms. The molecule has 0 atom stereocenters. The van der Waals surface area contributed by atoms with Gasteiger partial charge >= 0.3 is 0 Å². The number of aliphatic imine (C=N–C) groups is 1. The van der Waals surface area contributed by atoms with Crippen LogP contribution in [0, 0.1) is 6.92 Å². The molecule has 3 aromatic rings. The van der Waals surface area contributed by atoms with E-state index in [2.05, 4.69) is 73.4 Å². The van der Waals surface area contributed by atoms with Crippen LogP contribution in [0.25, 0.3) is 16.6 Å². The van der Waals surface area contributed by atoms with Gasteiger partial charge in [0.05, 0.1) is 5.70 Å². The Morgan fingerprint density at radius 2 is 1.91 bits per heavy atom. The highest BCUT2D eigenvalue weighted by Crippen LogP contribution is 2.22. The maximum atomic E-state index is 4.86. The number of nitrogens with one attached hydrogen (secondary N) is 1. The number of H-pyrrole nitrogens is 1. The maximum absolute atomic E-state index is 4.86. The van der Waals surface area contributed by atoms with Gasteiger partial charge in [-0.15, -0.1) is 0 Å². The first-order chi connectivity index (χ1) is 10.7. The molecule has 2 heteroatoms. The Labute approximate surface area is 131 Å². The molecule has 110 valence electrons. The minimum absolute atomic E-state index is 1.02. The topological polar surface area (TPSA) is 28.1 Å². The van der Waals surface area contributed by atoms with Crippen molar-refractivity contribution >= 4 is 22.3 Å². The fraction of sp³-hybridized carbons (Fsp3) is 0.150. The van der Waals surface area contributed by atoms with Crippen LogP contribution < -0.4 is 0 Å². The van der Waals surface area contributed by atoms with Crippen LogP contribution in [-0.2, 0) is 0 Å². The number of aromatic amines is 1. The zero-order chi connectivity index (χ0) is 15.5. The highest BCUT2D eigenvalue weighted by Gasteiger charge is 2.05. The minimum atomic E-state index is 1.02. The van der Waals surface area contributed by atoms with Gasteiger partial charge in [0.25, 0.3) is 0 Å². The molecular formula is C20H20N2. The monoisotopic (exact) mass is 288 g/mol. The van der Waals surface area contributed by atoms with E-state index in [4.69, 9.17) is 4.99 Å². The Morgan fingerprint density at radius 3 is 2.68 bits per heavy atom. The SMILES string of the molecule is C/C=C(\N=C(/C)c1ccc2[nH]ccc2c1)c1ccccc1C. The van der Waals surface area contributed by atoms with Crippen molar-refractivity contribution in [3.05, 3.63) is 77.5 Å². The number of allylic oxidation sites excluding steroid dienone is 1. The van der Waals surface area contributed by atoms with Crippen molar-refractivity contribution in [2.45, 2.75) is 20.8 Å². The van der Waals surface area contributed by atoms with Gasteiger partial charge in [-0.2, -0.15) is 0 Å². The lowest BCUT2D eigenvalue weighted by Crippen LogP contribution is -1.96. The second-order valence-corrected chi connectivity index (χ2v) is 5.47. The summed E-state index contributed by atoms with van der Waals surface area (Å²) in [7, 11) is 0. The van der Waals surface area contributed by atoms with Crippen molar-refractivity contribution in [3.63, 3.8) is 0 Å². The first-order valence-corrected chi connectivity index (χ1v) is 7.54. The summed E-state index contributed by atoms with van der Waals surface area (Å²) < 4.78 is 0. The minimum Gasteiger partial charge on any atom is -0.361 e. The number of rotatable bonds is 3. The molecule has 2 aromatic carbocycles. The summed E-state index contributed by atoms with van der Waals surface area (Å²) in [4.78, 5) is 8.07. The largest absolute Gasteiger partial charge is 0.361 e. The average Bonchev–Trinajstić information content (AvgIpc) is 3.00. The lowest BCUT2D eigenvalue weighted by Gasteiger charge is -2.08. The van der Waals surface area contributed by atoms with Gasteiger partial charge in [0, 0.05) is 28.4 Å². The summed E-state index contributed by atoms with van der Waals surface area (Å²) >= 11 is 0. The standard InChI is InChI=1S/C20H20N2/c1-4-19(18-8-6-5-7-14(18)2)22-15(3)16-9-10-20-17(13-16)11-12-21-20/h4-13,21H,1-3H3/b19-4-,22-15+. The van der Waals surface area contributed by atoms with E-state index in [0.717, 1.165) is 22.5 Å². The van der Waals surface area contributed by atoms with Crippen LogP contribution in [0.5, 0.6) is 0 Å². The molecule has 0 unspecified atom stereocenters. The van der Waals surface area contributed by atoms with Crippen LogP contribution in [0.4, 0.5) is 0 Å². The first kappa shape index (κ1) is 14.3. The highest BCUT2D eigenvalue weighted by atomic mass is 14.8. The predicted octanol–water partition coefficient (Wildman–Crippen LogP) is 5.35. The van der Waals surface area contributed by atoms with E-state index >= 15 is 0 Å². The average molecular weight is 288 g/mol. The number of fused-ring (bicyclic) bond motifs is 1. The smallest absolute Gasteiger partial charge is 0.0665 e. The highest BCUT2D eigenvalue weighted by molar-refractivity contribution is 6.04. The quantitative estimate of drug-likeness (QED) is 0.630. The van der Waals surface area contributed by atoms with Crippen LogP contribution in [-0.4, -0.2) is 10.7 Å². The zero-order valence-corrected chi connectivity index (χ0v) is 13.2. The number of hydrogen-bond donors (Lipinski definition) is 1. The summed E-state index contributed by atoms with van der Waals surface area (Å²) in [6.45, 7) is 6.22. The van der Waals surface area contributed by atoms with Crippen molar-refractivity contribution in [1.82, 2.24) is 4.98 Å². The summed E-state index contributed by atoms with van der Waals surface area (Å²) in [5.74, 6) is 0. The van der Waals surface area contributed by atoms with E-state index in [1.54, 1.807) is 0 Å². The first-order valence-electron chi connectivity index (χ1n) is 7.54. The van der Waals surface area contributed by atoms with Crippen LogP contribution >= 0.6 is 0 Å². The van der Waals surface area contributed by atoms with E-state index < -0.39 is 0 Å². The zero-order valence-electron chi connectivity index (χ0n) is 13.2. The Kier molecular flexibility index (Phi) is 3.92. The van der Waals surface area contributed by atoms with Crippen molar-refractivity contribution < 1.29 is 0 Å². The fourth-order valence-corrected chi connectivity index (χ4v) is 2.66. The number of nitrogens with zero attached hydrogens (tertiary/aromatic N) is 1. The molecule has 1 aromatic heterocycles. The molecule has 1 N–H and O–H groups in total. The van der Waals surface area contributed by atoms with Crippen LogP contribution in [0.2, 0.25) is 0 Å². The molecule has 0 amide bonds. The van der Waals surface area contributed by atoms with Crippen molar-refractivity contribution in [2.24, 2.45) is 4.99 Å². The summed E-state index contributed by atoms with van der Waals surface area (Å²) in [6, 6.07) is 16.8. The molecule has 0 saturated heterocycles. The second-order valence-electron chi connectivity index (χ2n) is 5.47. The number of aromatic nitrogens is 1. The molecule has 0 aliphatic carbocycles. The van der Waals surface area contributed by atoms with Gasteiger partial charge < -0.3 is 4.98 Å². The van der Waals surface area contributed by atoms with E-state index in [1.165, 1.54) is 16.5 Å². The van der Waals surface area contributed by atoms with Crippen LogP contribution in [0.15, 0.2) is 65.8 Å². The molecule has 3 rings (SSSR count). The molecule has 2 nitrogen and oxygen atoms in total. The molecule has 1 heterocycles. The van der Waals surface area contributed by atoms with Gasteiger partial charge in [0.15, 0.2) is 0 Å². The fourth-order valence-electron chi connectivity index (χ4n) is 2.66. The van der Waals surface area contributed by atoms with Crippen molar-refractivity contribution in [3.8, 4) is 0 Å². The van der Waals surface area contributed by atoms with E-state index in [0.29, 0.717) is 0 Å². The number of benzene rings is 2. The Morgan fingerprint density at radius 1 is 1.09 bits per heavy atom. The lowest BCUT2D eigenvalue weighted by atomic mass is 10.0. The van der Waals surface area contributed by atoms with Crippen LogP contribution in [0.3, 0.4) is 0 Å². The Hall–Kier alpha value is -2.61. The maximum Gasteiger partial charge on any atom is 0.0665 e. The normalized spacial score (nSPS) is 12.9. The Balaban J connectivity index is 2.00. The molecular weight excluding hydrogens is 268 g/mol. The van der Waals surface area contributed by atoms with Gasteiger partial charge in [-0.05, 0) is 50.1 Å². The van der Waals surface area contributed by atoms with Crippen molar-refractivity contribution in [2.75, 3.05) is 0 Å². The molecule has 0 aliphatic heterocycles. The molecule has 22 heavy (non-hydrogen) atoms. The molecule has 0 saturated carbocycles. The van der Waals surface area contributed by atoms with Crippen molar-refractivity contribution in [1.29, 1.82) is 0 Å². The van der Waals surface area contributed by atoms with Gasteiger partial charge in [-0.3, -0.25) is 4.99 Å². The summed E-state index contributed by atoms with van der Waals surface area (Å²) in [5.41, 5.74) is 6.78. The molecule has 0 radical (unpaired) electrons. The number of hydrogen-bond acceptors (Lipinski definition) is 1. The molecule has 0 spiro atoms. The second kappa shape index (κ2) is 6.02. The molecule has 0 fully saturated rings. The third kappa shape index (κ3) is 2.73.